The molecule has 0 aliphatic heterocycles. The molecule has 0 saturated heterocycles. The Balaban J connectivity index is 1.49. The maximum absolute atomic E-state index is 10.6. The Bertz CT molecular complexity index is 1450. The van der Waals surface area contributed by atoms with E-state index in [2.05, 4.69) is 20.5 Å². The molecule has 0 fully saturated rings. The Morgan fingerprint density at radius 1 is 0.387 bits per heavy atom. The third-order valence-corrected chi connectivity index (χ3v) is 5.06. The molecule has 0 bridgehead atoms. The van der Waals surface area contributed by atoms with Crippen LogP contribution in [-0.4, -0.2) is 5.11 Å². The van der Waals surface area contributed by atoms with Crippen molar-refractivity contribution in [2.24, 2.45) is 20.5 Å². The van der Waals surface area contributed by atoms with Crippen LogP contribution < -0.4 is 0 Å². The quantitative estimate of drug-likeness (QED) is 0.301. The zero-order chi connectivity index (χ0) is 21.0. The van der Waals surface area contributed by atoms with Gasteiger partial charge < -0.3 is 5.11 Å². The van der Waals surface area contributed by atoms with Gasteiger partial charge in [0, 0.05) is 10.8 Å². The van der Waals surface area contributed by atoms with Gasteiger partial charge in [0.15, 0.2) is 5.75 Å². The van der Waals surface area contributed by atoms with Crippen molar-refractivity contribution in [3.8, 4) is 5.75 Å². The van der Waals surface area contributed by atoms with Crippen molar-refractivity contribution < 1.29 is 5.11 Å². The summed E-state index contributed by atoms with van der Waals surface area (Å²) in [4.78, 5) is 0. The Morgan fingerprint density at radius 2 is 0.871 bits per heavy atom. The van der Waals surface area contributed by atoms with E-state index < -0.39 is 0 Å². The van der Waals surface area contributed by atoms with Crippen LogP contribution in [0, 0.1) is 0 Å². The van der Waals surface area contributed by atoms with E-state index in [4.69, 9.17) is 0 Å². The number of fused-ring (bicyclic) bond motifs is 2. The molecule has 1 N–H and O–H groups in total. The molecule has 31 heavy (non-hydrogen) atoms. The molecule has 148 valence electrons. The van der Waals surface area contributed by atoms with Crippen LogP contribution in [-0.2, 0) is 0 Å². The van der Waals surface area contributed by atoms with Gasteiger partial charge in [-0.15, -0.1) is 20.5 Å². The number of phenols is 1. The van der Waals surface area contributed by atoms with Crippen LogP contribution in [0.2, 0.25) is 0 Å². The number of benzene rings is 5. The SMILES string of the molecule is Oc1c(N=Nc2ccccc2N=Nc2cccc3ccccc23)ccc2ccccc12. The molecule has 5 aromatic rings. The summed E-state index contributed by atoms with van der Waals surface area (Å²) in [5.41, 5.74) is 2.36. The van der Waals surface area contributed by atoms with E-state index in [9.17, 15) is 5.11 Å². The molecule has 5 aromatic carbocycles. The van der Waals surface area contributed by atoms with E-state index in [1.807, 2.05) is 97.1 Å². The third kappa shape index (κ3) is 3.76. The predicted octanol–water partition coefficient (Wildman–Crippen LogP) is 8.53. The van der Waals surface area contributed by atoms with Crippen molar-refractivity contribution in [1.82, 2.24) is 0 Å². The molecule has 5 heteroatoms. The Morgan fingerprint density at radius 3 is 1.61 bits per heavy atom. The fourth-order valence-corrected chi connectivity index (χ4v) is 3.47. The monoisotopic (exact) mass is 402 g/mol. The highest BCUT2D eigenvalue weighted by Gasteiger charge is 2.06. The zero-order valence-corrected chi connectivity index (χ0v) is 16.6. The second kappa shape index (κ2) is 8.16. The van der Waals surface area contributed by atoms with Crippen molar-refractivity contribution in [3.05, 3.63) is 103 Å². The molecule has 5 nitrogen and oxygen atoms in total. The van der Waals surface area contributed by atoms with Crippen LogP contribution in [0.1, 0.15) is 0 Å². The van der Waals surface area contributed by atoms with Gasteiger partial charge in [-0.2, -0.15) is 0 Å². The number of nitrogens with zero attached hydrogens (tertiary/aromatic N) is 4. The standard InChI is InChI=1S/C26H18N4O/c31-26-21-12-4-2-9-19(21)16-17-25(26)30-29-24-14-6-5-13-23(24)28-27-22-15-7-10-18-8-1-3-11-20(18)22/h1-17,31H. The lowest BCUT2D eigenvalue weighted by Crippen LogP contribution is -1.75. The third-order valence-electron chi connectivity index (χ3n) is 5.06. The summed E-state index contributed by atoms with van der Waals surface area (Å²) in [7, 11) is 0. The molecule has 5 rings (SSSR count). The summed E-state index contributed by atoms with van der Waals surface area (Å²) >= 11 is 0. The lowest BCUT2D eigenvalue weighted by atomic mass is 10.1. The summed E-state index contributed by atoms with van der Waals surface area (Å²) in [5, 5.41) is 31.9. The molecule has 0 aliphatic carbocycles. The van der Waals surface area contributed by atoms with Crippen molar-refractivity contribution in [2.75, 3.05) is 0 Å². The molecule has 0 saturated carbocycles. The van der Waals surface area contributed by atoms with Crippen LogP contribution in [0.3, 0.4) is 0 Å². The van der Waals surface area contributed by atoms with Gasteiger partial charge in [0.1, 0.15) is 17.1 Å². The molecular weight excluding hydrogens is 384 g/mol. The minimum Gasteiger partial charge on any atom is -0.505 e. The van der Waals surface area contributed by atoms with Crippen molar-refractivity contribution in [1.29, 1.82) is 0 Å². The molecule has 0 aliphatic rings. The first-order valence-corrected chi connectivity index (χ1v) is 9.90. The first-order chi connectivity index (χ1) is 15.3. The van der Waals surface area contributed by atoms with Gasteiger partial charge in [-0.3, -0.25) is 0 Å². The maximum atomic E-state index is 10.6. The van der Waals surface area contributed by atoms with Gasteiger partial charge in [-0.25, -0.2) is 0 Å². The minimum atomic E-state index is 0.108. The van der Waals surface area contributed by atoms with E-state index >= 15 is 0 Å². The molecule has 0 radical (unpaired) electrons. The topological polar surface area (TPSA) is 69.7 Å². The Hall–Kier alpha value is -4.38. The van der Waals surface area contributed by atoms with Gasteiger partial charge >= 0.3 is 0 Å². The summed E-state index contributed by atoms with van der Waals surface area (Å²) < 4.78 is 0. The average Bonchev–Trinajstić information content (AvgIpc) is 2.83. The molecule has 0 aromatic heterocycles. The summed E-state index contributed by atoms with van der Waals surface area (Å²) in [6.07, 6.45) is 0. The van der Waals surface area contributed by atoms with Gasteiger partial charge in [-0.05, 0) is 35.0 Å². The number of rotatable bonds is 4. The highest BCUT2D eigenvalue weighted by Crippen LogP contribution is 2.37. The smallest absolute Gasteiger partial charge is 0.150 e. The van der Waals surface area contributed by atoms with E-state index in [1.165, 1.54) is 0 Å². The largest absolute Gasteiger partial charge is 0.505 e. The van der Waals surface area contributed by atoms with E-state index in [-0.39, 0.29) is 5.75 Å². The molecular formula is C26H18N4O. The molecule has 0 heterocycles. The van der Waals surface area contributed by atoms with Gasteiger partial charge in [-0.1, -0.05) is 78.9 Å². The molecule has 0 unspecified atom stereocenters. The van der Waals surface area contributed by atoms with Crippen LogP contribution in [0.25, 0.3) is 21.5 Å². The summed E-state index contributed by atoms with van der Waals surface area (Å²) in [6, 6.07) is 32.7. The molecule has 0 atom stereocenters. The van der Waals surface area contributed by atoms with Crippen LogP contribution in [0.4, 0.5) is 22.7 Å². The van der Waals surface area contributed by atoms with Crippen molar-refractivity contribution in [2.45, 2.75) is 0 Å². The van der Waals surface area contributed by atoms with Gasteiger partial charge in [0.25, 0.3) is 0 Å². The number of hydrogen-bond acceptors (Lipinski definition) is 5. The lowest BCUT2D eigenvalue weighted by Gasteiger charge is -2.04. The Labute approximate surface area is 179 Å². The number of phenolic OH excluding ortho intramolecular Hbond substituents is 1. The summed E-state index contributed by atoms with van der Waals surface area (Å²) in [5.74, 6) is 0.108. The van der Waals surface area contributed by atoms with E-state index in [0.29, 0.717) is 17.1 Å². The minimum absolute atomic E-state index is 0.108. The van der Waals surface area contributed by atoms with Crippen molar-refractivity contribution in [3.63, 3.8) is 0 Å². The van der Waals surface area contributed by atoms with Crippen LogP contribution >= 0.6 is 0 Å². The first-order valence-electron chi connectivity index (χ1n) is 9.90. The summed E-state index contributed by atoms with van der Waals surface area (Å²) in [6.45, 7) is 0. The van der Waals surface area contributed by atoms with E-state index in [1.54, 1.807) is 6.07 Å². The normalized spacial score (nSPS) is 11.7. The highest BCUT2D eigenvalue weighted by atomic mass is 16.3. The van der Waals surface area contributed by atoms with Crippen molar-refractivity contribution >= 4 is 44.3 Å². The first kappa shape index (κ1) is 18.6. The number of aromatic hydroxyl groups is 1. The Kier molecular flexibility index (Phi) is 4.91. The molecule has 0 spiro atoms. The molecule has 0 amide bonds. The second-order valence-electron chi connectivity index (χ2n) is 7.04. The van der Waals surface area contributed by atoms with Crippen LogP contribution in [0.5, 0.6) is 5.75 Å². The zero-order valence-electron chi connectivity index (χ0n) is 16.6. The predicted molar refractivity (Wildman–Crippen MR) is 124 cm³/mol. The fraction of sp³-hybridized carbons (Fsp3) is 0. The van der Waals surface area contributed by atoms with Crippen LogP contribution in [0.15, 0.2) is 124 Å². The maximum Gasteiger partial charge on any atom is 0.150 e. The fourth-order valence-electron chi connectivity index (χ4n) is 3.47. The van der Waals surface area contributed by atoms with Gasteiger partial charge in [0.2, 0.25) is 0 Å². The van der Waals surface area contributed by atoms with Gasteiger partial charge in [0.05, 0.1) is 5.69 Å². The highest BCUT2D eigenvalue weighted by molar-refractivity contribution is 5.93. The average molecular weight is 402 g/mol. The van der Waals surface area contributed by atoms with E-state index in [0.717, 1.165) is 27.2 Å². The lowest BCUT2D eigenvalue weighted by molar-refractivity contribution is 0.482. The number of azo groups is 2. The second-order valence-corrected chi connectivity index (χ2v) is 7.04. The number of hydrogen-bond donors (Lipinski definition) is 1.